The van der Waals surface area contributed by atoms with Crippen LogP contribution in [0.3, 0.4) is 0 Å². The van der Waals surface area contributed by atoms with E-state index in [1.54, 1.807) is 0 Å². The molecule has 4 nitrogen and oxygen atoms in total. The minimum Gasteiger partial charge on any atom is -0.268 e. The largest absolute Gasteiger partial charge is 0.417 e. The first kappa shape index (κ1) is 22.7. The van der Waals surface area contributed by atoms with E-state index >= 15 is 0 Å². The quantitative estimate of drug-likeness (QED) is 0.685. The topological polar surface area (TPSA) is 63.2 Å². The summed E-state index contributed by atoms with van der Waals surface area (Å²) in [6.07, 6.45) is -10.4. The Morgan fingerprint density at radius 1 is 0.897 bits per heavy atom. The molecule has 0 unspecified atom stereocenters. The molecule has 2 aromatic rings. The maximum atomic E-state index is 13.2. The number of carbonyl (C=O) groups is 1. The van der Waals surface area contributed by atoms with Crippen LogP contribution < -0.4 is 4.72 Å². The number of sulfonamides is 1. The Kier molecular flexibility index (Phi) is 6.03. The molecule has 158 valence electrons. The average molecular weight is 439 g/mol. The third-order valence-electron chi connectivity index (χ3n) is 3.98. The highest BCUT2D eigenvalue weighted by Gasteiger charge is 2.40. The maximum absolute atomic E-state index is 13.2. The number of rotatable bonds is 4. The molecule has 1 N–H and O–H groups in total. The monoisotopic (exact) mass is 439 g/mol. The lowest BCUT2D eigenvalue weighted by molar-refractivity contribution is -0.143. The first-order chi connectivity index (χ1) is 13.1. The van der Waals surface area contributed by atoms with Crippen LogP contribution in [0, 0.1) is 0 Å². The molecule has 0 aliphatic carbocycles. The second kappa shape index (κ2) is 7.69. The number of carbonyl (C=O) groups excluding carboxylic acids is 1. The molecule has 0 aliphatic rings. The lowest BCUT2D eigenvalue weighted by Gasteiger charge is -2.16. The van der Waals surface area contributed by atoms with Crippen molar-refractivity contribution in [1.82, 2.24) is 4.72 Å². The molecule has 11 heteroatoms. The fraction of sp³-hybridized carbons (Fsp3) is 0.278. The van der Waals surface area contributed by atoms with Crippen molar-refractivity contribution in [2.24, 2.45) is 0 Å². The van der Waals surface area contributed by atoms with Gasteiger partial charge in [-0.3, -0.25) is 4.79 Å². The van der Waals surface area contributed by atoms with Gasteiger partial charge in [-0.05, 0) is 41.8 Å². The van der Waals surface area contributed by atoms with E-state index in [0.29, 0.717) is 6.07 Å². The Bertz CT molecular complexity index is 1010. The lowest BCUT2D eigenvalue weighted by Crippen LogP contribution is -2.32. The summed E-state index contributed by atoms with van der Waals surface area (Å²) in [5.41, 5.74) is -3.96. The zero-order chi connectivity index (χ0) is 22.2. The molecule has 0 aliphatic heterocycles. The molecule has 1 amide bonds. The fourth-order valence-electron chi connectivity index (χ4n) is 2.42. The highest BCUT2D eigenvalue weighted by atomic mass is 32.2. The molecule has 0 spiro atoms. The summed E-state index contributed by atoms with van der Waals surface area (Å²) in [5.74, 6) is -1.61. The van der Waals surface area contributed by atoms with Crippen molar-refractivity contribution < 1.29 is 39.6 Å². The SMILES string of the molecule is CC(C)c1ccc(S(=O)(=O)NC(=O)c2ccc(C(F)(F)F)cc2C(F)(F)F)cc1. The van der Waals surface area contributed by atoms with Crippen LogP contribution in [0.15, 0.2) is 47.4 Å². The zero-order valence-electron chi connectivity index (χ0n) is 15.0. The molecule has 0 bridgehead atoms. The molecule has 29 heavy (non-hydrogen) atoms. The lowest BCUT2D eigenvalue weighted by atomic mass is 10.0. The molecule has 2 aromatic carbocycles. The molecule has 0 atom stereocenters. The highest BCUT2D eigenvalue weighted by Crippen LogP contribution is 2.37. The molecule has 0 radical (unpaired) electrons. The van der Waals surface area contributed by atoms with E-state index in [9.17, 15) is 39.6 Å². The number of amides is 1. The normalized spacial score (nSPS) is 12.9. The third kappa shape index (κ3) is 5.28. The van der Waals surface area contributed by atoms with E-state index in [1.807, 2.05) is 13.8 Å². The van der Waals surface area contributed by atoms with Gasteiger partial charge < -0.3 is 0 Å². The van der Waals surface area contributed by atoms with Crippen molar-refractivity contribution in [2.45, 2.75) is 37.0 Å². The smallest absolute Gasteiger partial charge is 0.268 e. The van der Waals surface area contributed by atoms with Crippen LogP contribution in [0.4, 0.5) is 26.3 Å². The van der Waals surface area contributed by atoms with Gasteiger partial charge in [0.2, 0.25) is 0 Å². The van der Waals surface area contributed by atoms with Crippen molar-refractivity contribution in [3.05, 3.63) is 64.7 Å². The summed E-state index contributed by atoms with van der Waals surface area (Å²) >= 11 is 0. The van der Waals surface area contributed by atoms with Crippen molar-refractivity contribution in [2.75, 3.05) is 0 Å². The first-order valence-corrected chi connectivity index (χ1v) is 9.57. The van der Waals surface area contributed by atoms with E-state index in [4.69, 9.17) is 0 Å². The number of alkyl halides is 6. The van der Waals surface area contributed by atoms with Crippen LogP contribution in [0.2, 0.25) is 0 Å². The molecule has 0 saturated heterocycles. The standard InChI is InChI=1S/C18H15F6NO3S/c1-10(2)11-3-6-13(7-4-11)29(27,28)25-16(26)14-8-5-12(17(19,20)21)9-15(14)18(22,23)24/h3-10H,1-2H3,(H,25,26). The Morgan fingerprint density at radius 2 is 1.45 bits per heavy atom. The average Bonchev–Trinajstić information content (AvgIpc) is 2.59. The predicted molar refractivity (Wildman–Crippen MR) is 91.6 cm³/mol. The third-order valence-corrected chi connectivity index (χ3v) is 5.33. The molecule has 0 saturated carbocycles. The number of hydrogen-bond acceptors (Lipinski definition) is 3. The van der Waals surface area contributed by atoms with Crippen LogP contribution in [0.5, 0.6) is 0 Å². The molecular formula is C18H15F6NO3S. The second-order valence-electron chi connectivity index (χ2n) is 6.41. The summed E-state index contributed by atoms with van der Waals surface area (Å²) in [7, 11) is -4.54. The Hall–Kier alpha value is -2.56. The summed E-state index contributed by atoms with van der Waals surface area (Å²) < 4.78 is 104. The van der Waals surface area contributed by atoms with Gasteiger partial charge >= 0.3 is 12.4 Å². The number of halogens is 6. The molecule has 0 heterocycles. The summed E-state index contributed by atoms with van der Waals surface area (Å²) in [6, 6.07) is 5.61. The number of nitrogens with one attached hydrogen (secondary N) is 1. The Morgan fingerprint density at radius 3 is 1.90 bits per heavy atom. The first-order valence-electron chi connectivity index (χ1n) is 8.08. The van der Waals surface area contributed by atoms with Gasteiger partial charge in [0.15, 0.2) is 0 Å². The van der Waals surface area contributed by atoms with E-state index in [2.05, 4.69) is 0 Å². The molecule has 0 fully saturated rings. The van der Waals surface area contributed by atoms with Gasteiger partial charge in [-0.1, -0.05) is 26.0 Å². The maximum Gasteiger partial charge on any atom is 0.417 e. The summed E-state index contributed by atoms with van der Waals surface area (Å²) in [6.45, 7) is 3.71. The van der Waals surface area contributed by atoms with Crippen LogP contribution >= 0.6 is 0 Å². The highest BCUT2D eigenvalue weighted by molar-refractivity contribution is 7.90. The minimum atomic E-state index is -5.31. The van der Waals surface area contributed by atoms with Crippen LogP contribution in [-0.2, 0) is 22.4 Å². The van der Waals surface area contributed by atoms with Crippen molar-refractivity contribution in [3.63, 3.8) is 0 Å². The van der Waals surface area contributed by atoms with Gasteiger partial charge in [0, 0.05) is 0 Å². The molecule has 0 aromatic heterocycles. The predicted octanol–water partition coefficient (Wildman–Crippen LogP) is 4.97. The summed E-state index contributed by atoms with van der Waals surface area (Å²) in [5, 5.41) is 0. The Labute approximate surface area is 162 Å². The van der Waals surface area contributed by atoms with E-state index in [1.165, 1.54) is 29.0 Å². The van der Waals surface area contributed by atoms with E-state index < -0.39 is 45.0 Å². The van der Waals surface area contributed by atoms with Gasteiger partial charge in [-0.25, -0.2) is 13.1 Å². The minimum absolute atomic E-state index is 0.0860. The second-order valence-corrected chi connectivity index (χ2v) is 8.10. The fourth-order valence-corrected chi connectivity index (χ4v) is 3.39. The van der Waals surface area contributed by atoms with Crippen LogP contribution in [0.25, 0.3) is 0 Å². The van der Waals surface area contributed by atoms with Crippen LogP contribution in [-0.4, -0.2) is 14.3 Å². The van der Waals surface area contributed by atoms with Gasteiger partial charge in [0.05, 0.1) is 21.6 Å². The van der Waals surface area contributed by atoms with E-state index in [-0.39, 0.29) is 22.9 Å². The van der Waals surface area contributed by atoms with Crippen LogP contribution in [0.1, 0.15) is 46.8 Å². The van der Waals surface area contributed by atoms with Crippen molar-refractivity contribution in [1.29, 1.82) is 0 Å². The zero-order valence-corrected chi connectivity index (χ0v) is 15.8. The van der Waals surface area contributed by atoms with Gasteiger partial charge in [-0.2, -0.15) is 26.3 Å². The number of hydrogen-bond donors (Lipinski definition) is 1. The number of benzene rings is 2. The van der Waals surface area contributed by atoms with Crippen molar-refractivity contribution in [3.8, 4) is 0 Å². The van der Waals surface area contributed by atoms with Gasteiger partial charge in [0.1, 0.15) is 0 Å². The molecular weight excluding hydrogens is 424 g/mol. The molecule has 2 rings (SSSR count). The van der Waals surface area contributed by atoms with Gasteiger partial charge in [-0.15, -0.1) is 0 Å². The van der Waals surface area contributed by atoms with Crippen molar-refractivity contribution >= 4 is 15.9 Å². The Balaban J connectivity index is 2.41. The van der Waals surface area contributed by atoms with Gasteiger partial charge in [0.25, 0.3) is 15.9 Å². The summed E-state index contributed by atoms with van der Waals surface area (Å²) in [4.78, 5) is 11.8. The van der Waals surface area contributed by atoms with E-state index in [0.717, 1.165) is 5.56 Å².